The van der Waals surface area contributed by atoms with Gasteiger partial charge >= 0.3 is 0 Å². The predicted octanol–water partition coefficient (Wildman–Crippen LogP) is 1.25. The number of aromatic amines is 1. The molecule has 1 aromatic carbocycles. The van der Waals surface area contributed by atoms with E-state index in [-0.39, 0.29) is 24.9 Å². The maximum absolute atomic E-state index is 13.2. The van der Waals surface area contributed by atoms with Crippen LogP contribution in [-0.4, -0.2) is 27.8 Å². The maximum atomic E-state index is 13.2. The molecule has 4 N–H and O–H groups in total. The summed E-state index contributed by atoms with van der Waals surface area (Å²) in [6.45, 7) is 1.65. The molecule has 118 valence electrons. The molecule has 0 radical (unpaired) electrons. The summed E-state index contributed by atoms with van der Waals surface area (Å²) in [5.74, 6) is -1.41. The standard InChI is InChI=1S/C14H15FN4O2.ClH/c15-10-5-8(1-2-12(10)20)6-17-14(21)13-9-7-16-4-3-11(9)18-19-13;/h1-2,5,16,20H,3-4,6-7H2,(H,17,21)(H,18,19);1H. The highest BCUT2D eigenvalue weighted by Gasteiger charge is 2.21. The van der Waals surface area contributed by atoms with E-state index in [1.807, 2.05) is 0 Å². The zero-order valence-corrected chi connectivity index (χ0v) is 12.5. The van der Waals surface area contributed by atoms with Gasteiger partial charge in [0.2, 0.25) is 0 Å². The van der Waals surface area contributed by atoms with Crippen LogP contribution in [0.2, 0.25) is 0 Å². The van der Waals surface area contributed by atoms with Crippen LogP contribution in [-0.2, 0) is 19.5 Å². The SMILES string of the molecule is Cl.O=C(NCc1ccc(O)c(F)c1)c1n[nH]c2c1CNCC2. The number of aromatic nitrogens is 2. The van der Waals surface area contributed by atoms with Crippen molar-refractivity contribution >= 4 is 18.3 Å². The Hall–Kier alpha value is -2.12. The molecule has 0 saturated heterocycles. The Balaban J connectivity index is 0.00000176. The molecule has 6 nitrogen and oxygen atoms in total. The van der Waals surface area contributed by atoms with Crippen LogP contribution in [0, 0.1) is 5.82 Å². The quantitative estimate of drug-likeness (QED) is 0.683. The average Bonchev–Trinajstić information content (AvgIpc) is 2.92. The van der Waals surface area contributed by atoms with Crippen molar-refractivity contribution in [2.24, 2.45) is 0 Å². The number of amides is 1. The molecule has 0 fully saturated rings. The van der Waals surface area contributed by atoms with Crippen LogP contribution < -0.4 is 10.6 Å². The molecular formula is C14H16ClFN4O2. The number of halogens is 2. The Morgan fingerprint density at radius 3 is 3.05 bits per heavy atom. The number of hydrogen-bond donors (Lipinski definition) is 4. The summed E-state index contributed by atoms with van der Waals surface area (Å²) in [4.78, 5) is 12.1. The molecule has 1 aliphatic rings. The van der Waals surface area contributed by atoms with Gasteiger partial charge < -0.3 is 15.7 Å². The zero-order chi connectivity index (χ0) is 14.8. The summed E-state index contributed by atoms with van der Waals surface area (Å²) in [5.41, 5.74) is 2.81. The van der Waals surface area contributed by atoms with Crippen LogP contribution in [0.4, 0.5) is 4.39 Å². The molecule has 0 aliphatic carbocycles. The number of rotatable bonds is 3. The van der Waals surface area contributed by atoms with Crippen LogP contribution >= 0.6 is 12.4 Å². The third-order valence-electron chi connectivity index (χ3n) is 3.49. The minimum absolute atomic E-state index is 0. The summed E-state index contributed by atoms with van der Waals surface area (Å²) in [6.07, 6.45) is 0.818. The molecule has 1 aromatic heterocycles. The Morgan fingerprint density at radius 2 is 2.27 bits per heavy atom. The van der Waals surface area contributed by atoms with Crippen LogP contribution in [0.15, 0.2) is 18.2 Å². The molecule has 2 heterocycles. The topological polar surface area (TPSA) is 90.0 Å². The normalized spacial score (nSPS) is 13.1. The average molecular weight is 327 g/mol. The molecule has 0 saturated carbocycles. The number of phenols is 1. The second kappa shape index (κ2) is 6.76. The van der Waals surface area contributed by atoms with Gasteiger partial charge in [-0.1, -0.05) is 6.07 Å². The lowest BCUT2D eigenvalue weighted by molar-refractivity contribution is 0.0944. The molecule has 0 atom stereocenters. The third kappa shape index (κ3) is 3.20. The van der Waals surface area contributed by atoms with Crippen molar-refractivity contribution in [3.8, 4) is 5.75 Å². The molecule has 2 aromatic rings. The maximum Gasteiger partial charge on any atom is 0.272 e. The van der Waals surface area contributed by atoms with Crippen molar-refractivity contribution in [1.29, 1.82) is 0 Å². The first-order valence-corrected chi connectivity index (χ1v) is 6.67. The van der Waals surface area contributed by atoms with Crippen molar-refractivity contribution in [2.75, 3.05) is 6.54 Å². The second-order valence-corrected chi connectivity index (χ2v) is 4.92. The smallest absolute Gasteiger partial charge is 0.272 e. The largest absolute Gasteiger partial charge is 0.505 e. The number of nitrogens with zero attached hydrogens (tertiary/aromatic N) is 1. The van der Waals surface area contributed by atoms with Gasteiger partial charge in [-0.05, 0) is 17.7 Å². The first-order chi connectivity index (χ1) is 10.1. The Kier molecular flexibility index (Phi) is 4.99. The fourth-order valence-electron chi connectivity index (χ4n) is 2.34. The molecule has 1 amide bonds. The molecular weight excluding hydrogens is 311 g/mol. The van der Waals surface area contributed by atoms with Crippen molar-refractivity contribution in [1.82, 2.24) is 20.8 Å². The number of benzene rings is 1. The van der Waals surface area contributed by atoms with Crippen LogP contribution in [0.25, 0.3) is 0 Å². The first-order valence-electron chi connectivity index (χ1n) is 6.67. The lowest BCUT2D eigenvalue weighted by Gasteiger charge is -2.12. The highest BCUT2D eigenvalue weighted by Crippen LogP contribution is 2.17. The van der Waals surface area contributed by atoms with Crippen molar-refractivity contribution in [3.63, 3.8) is 0 Å². The van der Waals surface area contributed by atoms with Gasteiger partial charge in [0.15, 0.2) is 17.3 Å². The van der Waals surface area contributed by atoms with E-state index in [0.29, 0.717) is 17.8 Å². The Morgan fingerprint density at radius 1 is 1.45 bits per heavy atom. The van der Waals surface area contributed by atoms with Crippen molar-refractivity contribution in [2.45, 2.75) is 19.5 Å². The summed E-state index contributed by atoms with van der Waals surface area (Å²) < 4.78 is 13.2. The summed E-state index contributed by atoms with van der Waals surface area (Å²) in [7, 11) is 0. The molecule has 22 heavy (non-hydrogen) atoms. The predicted molar refractivity (Wildman–Crippen MR) is 80.5 cm³/mol. The molecule has 0 unspecified atom stereocenters. The van der Waals surface area contributed by atoms with Gasteiger partial charge in [0.1, 0.15) is 0 Å². The van der Waals surface area contributed by atoms with Gasteiger partial charge in [-0.15, -0.1) is 12.4 Å². The second-order valence-electron chi connectivity index (χ2n) is 4.92. The van der Waals surface area contributed by atoms with E-state index in [4.69, 9.17) is 5.11 Å². The number of phenolic OH excluding ortho intramolecular Hbond substituents is 1. The van der Waals surface area contributed by atoms with Gasteiger partial charge in [-0.25, -0.2) is 4.39 Å². The van der Waals surface area contributed by atoms with Gasteiger partial charge in [-0.3, -0.25) is 9.89 Å². The Bertz CT molecular complexity index is 689. The van der Waals surface area contributed by atoms with Crippen LogP contribution in [0.5, 0.6) is 5.75 Å². The third-order valence-corrected chi connectivity index (χ3v) is 3.49. The van der Waals surface area contributed by atoms with Crippen molar-refractivity contribution in [3.05, 3.63) is 46.5 Å². The van der Waals surface area contributed by atoms with Gasteiger partial charge in [0, 0.05) is 37.3 Å². The fourth-order valence-corrected chi connectivity index (χ4v) is 2.34. The Labute approximate surface area is 132 Å². The minimum Gasteiger partial charge on any atom is -0.505 e. The molecule has 0 spiro atoms. The van der Waals surface area contributed by atoms with Crippen molar-refractivity contribution < 1.29 is 14.3 Å². The fraction of sp³-hybridized carbons (Fsp3) is 0.286. The summed E-state index contributed by atoms with van der Waals surface area (Å²) >= 11 is 0. The molecule has 3 rings (SSSR count). The summed E-state index contributed by atoms with van der Waals surface area (Å²) in [5, 5.41) is 21.9. The highest BCUT2D eigenvalue weighted by atomic mass is 35.5. The van der Waals surface area contributed by atoms with Crippen LogP contribution in [0.3, 0.4) is 0 Å². The summed E-state index contributed by atoms with van der Waals surface area (Å²) in [6, 6.07) is 4.01. The number of hydrogen-bond acceptors (Lipinski definition) is 4. The molecule has 8 heteroatoms. The van der Waals surface area contributed by atoms with E-state index in [2.05, 4.69) is 20.8 Å². The van der Waals surface area contributed by atoms with E-state index < -0.39 is 11.6 Å². The highest BCUT2D eigenvalue weighted by molar-refractivity contribution is 5.94. The lowest BCUT2D eigenvalue weighted by Crippen LogP contribution is -2.28. The van der Waals surface area contributed by atoms with Gasteiger partial charge in [0.25, 0.3) is 5.91 Å². The number of aromatic hydroxyl groups is 1. The number of H-pyrrole nitrogens is 1. The number of carbonyl (C=O) groups excluding carboxylic acids is 1. The zero-order valence-electron chi connectivity index (χ0n) is 11.6. The molecule has 0 bridgehead atoms. The van der Waals surface area contributed by atoms with E-state index in [1.54, 1.807) is 6.07 Å². The van der Waals surface area contributed by atoms with E-state index in [9.17, 15) is 9.18 Å². The monoisotopic (exact) mass is 326 g/mol. The van der Waals surface area contributed by atoms with Crippen LogP contribution in [0.1, 0.15) is 27.3 Å². The van der Waals surface area contributed by atoms with E-state index in [0.717, 1.165) is 24.2 Å². The number of nitrogens with one attached hydrogen (secondary N) is 3. The van der Waals surface area contributed by atoms with E-state index >= 15 is 0 Å². The molecule has 1 aliphatic heterocycles. The number of carbonyl (C=O) groups is 1. The van der Waals surface area contributed by atoms with Gasteiger partial charge in [0.05, 0.1) is 0 Å². The number of fused-ring (bicyclic) bond motifs is 1. The minimum atomic E-state index is -0.705. The van der Waals surface area contributed by atoms with E-state index in [1.165, 1.54) is 12.1 Å². The first kappa shape index (κ1) is 16.3. The lowest BCUT2D eigenvalue weighted by atomic mass is 10.1. The van der Waals surface area contributed by atoms with Gasteiger partial charge in [-0.2, -0.15) is 5.10 Å².